The first-order valence-electron chi connectivity index (χ1n) is 6.05. The summed E-state index contributed by atoms with van der Waals surface area (Å²) < 4.78 is 10.6. The fourth-order valence-corrected chi connectivity index (χ4v) is 2.67. The minimum absolute atomic E-state index is 0.167. The normalized spacial score (nSPS) is 14.2. The van der Waals surface area contributed by atoms with Crippen LogP contribution >= 0.6 is 11.8 Å². The Morgan fingerprint density at radius 3 is 3.05 bits per heavy atom. The van der Waals surface area contributed by atoms with Gasteiger partial charge in [0.25, 0.3) is 5.56 Å². The number of hydrogen-bond donors (Lipinski definition) is 2. The van der Waals surface area contributed by atoms with Gasteiger partial charge in [-0.25, -0.2) is 4.98 Å². The fourth-order valence-electron chi connectivity index (χ4n) is 1.83. The number of nitrogens with zero attached hydrogens (tertiary/aromatic N) is 1. The first-order chi connectivity index (χ1) is 9.72. The number of ether oxygens (including phenoxy) is 2. The molecule has 0 bridgehead atoms. The third kappa shape index (κ3) is 2.78. The predicted molar refractivity (Wildman–Crippen MR) is 75.1 cm³/mol. The van der Waals surface area contributed by atoms with Crippen molar-refractivity contribution >= 4 is 11.8 Å². The molecule has 0 spiro atoms. The van der Waals surface area contributed by atoms with Gasteiger partial charge in [0.05, 0.1) is 0 Å². The molecule has 0 saturated carbocycles. The van der Waals surface area contributed by atoms with E-state index >= 15 is 0 Å². The van der Waals surface area contributed by atoms with E-state index in [4.69, 9.17) is 15.2 Å². The van der Waals surface area contributed by atoms with Crippen molar-refractivity contribution in [3.8, 4) is 11.5 Å². The third-order valence-corrected chi connectivity index (χ3v) is 3.88. The lowest BCUT2D eigenvalue weighted by Crippen LogP contribution is -2.14. The molecule has 1 aromatic carbocycles. The molecule has 3 rings (SSSR count). The average molecular weight is 291 g/mol. The van der Waals surface area contributed by atoms with Crippen molar-refractivity contribution in [2.45, 2.75) is 11.2 Å². The Bertz CT molecular complexity index is 674. The Hall–Kier alpha value is -1.99. The van der Waals surface area contributed by atoms with E-state index in [1.54, 1.807) is 0 Å². The molecule has 1 atom stereocenters. The van der Waals surface area contributed by atoms with E-state index < -0.39 is 0 Å². The molecule has 2 heterocycles. The van der Waals surface area contributed by atoms with E-state index in [-0.39, 0.29) is 18.4 Å². The molecule has 1 aliphatic rings. The Kier molecular flexibility index (Phi) is 3.62. The van der Waals surface area contributed by atoms with Crippen LogP contribution in [-0.2, 0) is 0 Å². The molecule has 0 aliphatic carbocycles. The minimum Gasteiger partial charge on any atom is -0.454 e. The quantitative estimate of drug-likeness (QED) is 0.651. The maximum Gasteiger partial charge on any atom is 0.251 e. The number of nitrogens with two attached hydrogens (primary N) is 1. The van der Waals surface area contributed by atoms with Gasteiger partial charge in [0, 0.05) is 24.1 Å². The first-order valence-corrected chi connectivity index (χ1v) is 7.04. The van der Waals surface area contributed by atoms with Gasteiger partial charge in [-0.05, 0) is 17.7 Å². The van der Waals surface area contributed by atoms with Gasteiger partial charge in [0.15, 0.2) is 16.7 Å². The summed E-state index contributed by atoms with van der Waals surface area (Å²) in [7, 11) is 0. The van der Waals surface area contributed by atoms with E-state index in [1.807, 2.05) is 18.2 Å². The second kappa shape index (κ2) is 5.56. The summed E-state index contributed by atoms with van der Waals surface area (Å²) in [6.07, 6.45) is 1.48. The summed E-state index contributed by atoms with van der Waals surface area (Å²) in [4.78, 5) is 17.9. The van der Waals surface area contributed by atoms with Gasteiger partial charge in [-0.2, -0.15) is 0 Å². The largest absolute Gasteiger partial charge is 0.454 e. The smallest absolute Gasteiger partial charge is 0.251 e. The molecular weight excluding hydrogens is 278 g/mol. The predicted octanol–water partition coefficient (Wildman–Crippen LogP) is 1.29. The zero-order valence-electron chi connectivity index (χ0n) is 10.5. The molecule has 20 heavy (non-hydrogen) atoms. The average Bonchev–Trinajstić information content (AvgIpc) is 2.92. The van der Waals surface area contributed by atoms with Crippen molar-refractivity contribution in [1.82, 2.24) is 9.97 Å². The molecule has 7 heteroatoms. The summed E-state index contributed by atoms with van der Waals surface area (Å²) in [6, 6.07) is 6.85. The van der Waals surface area contributed by atoms with E-state index in [9.17, 15) is 4.79 Å². The first kappa shape index (κ1) is 13.0. The molecule has 0 radical (unpaired) electrons. The number of aromatic amines is 1. The molecule has 0 fully saturated rings. The van der Waals surface area contributed by atoms with Gasteiger partial charge in [-0.3, -0.25) is 4.79 Å². The number of aromatic nitrogens is 2. The third-order valence-electron chi connectivity index (χ3n) is 2.87. The minimum atomic E-state index is -0.181. The highest BCUT2D eigenvalue weighted by molar-refractivity contribution is 7.99. The van der Waals surface area contributed by atoms with Gasteiger partial charge in [-0.15, -0.1) is 0 Å². The zero-order valence-corrected chi connectivity index (χ0v) is 11.4. The number of H-pyrrole nitrogens is 1. The Morgan fingerprint density at radius 1 is 1.35 bits per heavy atom. The Labute approximate surface area is 119 Å². The summed E-state index contributed by atoms with van der Waals surface area (Å²) in [6.45, 7) is 0.248. The lowest BCUT2D eigenvalue weighted by atomic mass is 10.1. The van der Waals surface area contributed by atoms with Crippen molar-refractivity contribution in [3.05, 3.63) is 46.4 Å². The van der Waals surface area contributed by atoms with Gasteiger partial charge < -0.3 is 20.2 Å². The van der Waals surface area contributed by atoms with E-state index in [1.165, 1.54) is 24.0 Å². The summed E-state index contributed by atoms with van der Waals surface area (Å²) >= 11 is 1.41. The number of fused-ring (bicyclic) bond motifs is 1. The maximum atomic E-state index is 11.2. The van der Waals surface area contributed by atoms with Crippen LogP contribution in [0.4, 0.5) is 0 Å². The molecule has 1 aliphatic heterocycles. The van der Waals surface area contributed by atoms with Crippen LogP contribution in [0.1, 0.15) is 11.6 Å². The highest BCUT2D eigenvalue weighted by Crippen LogP contribution is 2.34. The maximum absolute atomic E-state index is 11.2. The van der Waals surface area contributed by atoms with E-state index in [2.05, 4.69) is 9.97 Å². The number of benzene rings is 1. The molecular formula is C13H13N3O3S. The van der Waals surface area contributed by atoms with Gasteiger partial charge in [0.2, 0.25) is 6.79 Å². The highest BCUT2D eigenvalue weighted by Gasteiger charge is 2.16. The van der Waals surface area contributed by atoms with Crippen molar-refractivity contribution in [2.75, 3.05) is 12.5 Å². The monoisotopic (exact) mass is 291 g/mol. The molecule has 2 aromatic rings. The molecule has 0 amide bonds. The van der Waals surface area contributed by atoms with E-state index in [0.717, 1.165) is 11.3 Å². The van der Waals surface area contributed by atoms with Crippen LogP contribution < -0.4 is 20.8 Å². The number of hydrogen-bond acceptors (Lipinski definition) is 6. The summed E-state index contributed by atoms with van der Waals surface area (Å²) in [5.74, 6) is 2.06. The van der Waals surface area contributed by atoms with Crippen LogP contribution in [0.15, 0.2) is 40.4 Å². The SMILES string of the molecule is NC(CSc1nccc(=O)[nH]1)c1ccc2c(c1)OCO2. The molecule has 1 unspecified atom stereocenters. The van der Waals surface area contributed by atoms with Crippen LogP contribution in [0.5, 0.6) is 11.5 Å². The zero-order chi connectivity index (χ0) is 13.9. The van der Waals surface area contributed by atoms with Crippen molar-refractivity contribution in [3.63, 3.8) is 0 Å². The second-order valence-electron chi connectivity index (χ2n) is 4.27. The number of nitrogens with one attached hydrogen (secondary N) is 1. The summed E-state index contributed by atoms with van der Waals surface area (Å²) in [5.41, 5.74) is 6.93. The van der Waals surface area contributed by atoms with Crippen molar-refractivity contribution in [1.29, 1.82) is 0 Å². The fraction of sp³-hybridized carbons (Fsp3) is 0.231. The Morgan fingerprint density at radius 2 is 2.20 bits per heavy atom. The lowest BCUT2D eigenvalue weighted by Gasteiger charge is -2.11. The van der Waals surface area contributed by atoms with Gasteiger partial charge in [0.1, 0.15) is 0 Å². The highest BCUT2D eigenvalue weighted by atomic mass is 32.2. The van der Waals surface area contributed by atoms with E-state index in [0.29, 0.717) is 16.7 Å². The Balaban J connectivity index is 1.67. The molecule has 1 aromatic heterocycles. The molecule has 3 N–H and O–H groups in total. The second-order valence-corrected chi connectivity index (χ2v) is 5.28. The standard InChI is InChI=1S/C13H13N3O3S/c14-9(6-20-13-15-4-3-12(17)16-13)8-1-2-10-11(5-8)19-7-18-10/h1-5,9H,6-7,14H2,(H,15,16,17). The molecule has 0 saturated heterocycles. The van der Waals surface area contributed by atoms with Crippen LogP contribution in [0.2, 0.25) is 0 Å². The molecule has 104 valence electrons. The van der Waals surface area contributed by atoms with Crippen LogP contribution in [0.3, 0.4) is 0 Å². The van der Waals surface area contributed by atoms with Gasteiger partial charge >= 0.3 is 0 Å². The van der Waals surface area contributed by atoms with Crippen LogP contribution in [0, 0.1) is 0 Å². The van der Waals surface area contributed by atoms with Crippen molar-refractivity contribution < 1.29 is 9.47 Å². The summed E-state index contributed by atoms with van der Waals surface area (Å²) in [5, 5.41) is 0.564. The topological polar surface area (TPSA) is 90.2 Å². The molecule has 6 nitrogen and oxygen atoms in total. The van der Waals surface area contributed by atoms with Crippen molar-refractivity contribution in [2.24, 2.45) is 5.73 Å². The number of thioether (sulfide) groups is 1. The van der Waals surface area contributed by atoms with Crippen LogP contribution in [0.25, 0.3) is 0 Å². The number of rotatable bonds is 4. The van der Waals surface area contributed by atoms with Crippen LogP contribution in [-0.4, -0.2) is 22.5 Å². The lowest BCUT2D eigenvalue weighted by molar-refractivity contribution is 0.174. The van der Waals surface area contributed by atoms with Gasteiger partial charge in [-0.1, -0.05) is 17.8 Å².